The average Bonchev–Trinajstić information content (AvgIpc) is 3.36. The van der Waals surface area contributed by atoms with Gasteiger partial charge in [0.2, 0.25) is 0 Å². The molecule has 0 aliphatic rings. The summed E-state index contributed by atoms with van der Waals surface area (Å²) in [6.07, 6.45) is 2.54. The van der Waals surface area contributed by atoms with E-state index in [0.717, 1.165) is 38.2 Å². The van der Waals surface area contributed by atoms with E-state index >= 15 is 0 Å². The second kappa shape index (κ2) is 9.25. The van der Waals surface area contributed by atoms with Crippen molar-refractivity contribution in [1.82, 2.24) is 4.98 Å². The van der Waals surface area contributed by atoms with Gasteiger partial charge in [-0.15, -0.1) is 11.3 Å². The van der Waals surface area contributed by atoms with E-state index in [1.165, 1.54) is 0 Å². The molecule has 4 heteroatoms. The molecule has 0 aliphatic carbocycles. The van der Waals surface area contributed by atoms with Gasteiger partial charge < -0.3 is 9.84 Å². The molecule has 1 N–H and O–H groups in total. The monoisotopic (exact) mass is 437 g/mol. The Bertz CT molecular complexity index is 1320. The lowest BCUT2D eigenvalue weighted by molar-refractivity contribution is 0.306. The van der Waals surface area contributed by atoms with Crippen molar-refractivity contribution in [3.8, 4) is 11.5 Å². The summed E-state index contributed by atoms with van der Waals surface area (Å²) in [5.41, 5.74) is 3.12. The largest absolute Gasteiger partial charge is 0.507 e. The normalized spacial score (nSPS) is 12.0. The van der Waals surface area contributed by atoms with Crippen LogP contribution >= 0.6 is 11.3 Å². The van der Waals surface area contributed by atoms with Gasteiger partial charge in [-0.3, -0.25) is 0 Å². The predicted molar refractivity (Wildman–Crippen MR) is 130 cm³/mol. The van der Waals surface area contributed by atoms with Gasteiger partial charge in [0.25, 0.3) is 0 Å². The van der Waals surface area contributed by atoms with E-state index < -0.39 is 0 Å². The van der Waals surface area contributed by atoms with Crippen LogP contribution in [0, 0.1) is 0 Å². The Morgan fingerprint density at radius 3 is 2.56 bits per heavy atom. The number of thiazole rings is 1. The third kappa shape index (κ3) is 4.36. The van der Waals surface area contributed by atoms with Gasteiger partial charge in [0.1, 0.15) is 18.1 Å². The average molecular weight is 438 g/mol. The lowest BCUT2D eigenvalue weighted by Gasteiger charge is -2.20. The van der Waals surface area contributed by atoms with Crippen LogP contribution in [-0.4, -0.2) is 10.1 Å². The molecular weight excluding hydrogens is 414 g/mol. The number of phenolic OH excluding ortho intramolecular Hbond substituents is 1. The van der Waals surface area contributed by atoms with Gasteiger partial charge in [0.15, 0.2) is 0 Å². The summed E-state index contributed by atoms with van der Waals surface area (Å²) >= 11 is 1.64. The SMILES string of the molecule is Oc1c(C(Cc2nccs2)c2cccc(OCc3ccccc3)c2)ccc2ccccc12. The molecule has 0 fully saturated rings. The Morgan fingerprint density at radius 2 is 1.72 bits per heavy atom. The molecule has 0 radical (unpaired) electrons. The van der Waals surface area contributed by atoms with Crippen LogP contribution in [0.3, 0.4) is 0 Å². The molecule has 1 heterocycles. The number of aromatic hydroxyl groups is 1. The maximum Gasteiger partial charge on any atom is 0.127 e. The standard InChI is InChI=1S/C28H23NO2S/c30-28-24-12-5-4-9-21(24)13-14-25(28)26(18-27-29-15-16-32-27)22-10-6-11-23(17-22)31-19-20-7-2-1-3-8-20/h1-17,26,30H,18-19H2. The van der Waals surface area contributed by atoms with E-state index in [0.29, 0.717) is 18.8 Å². The molecule has 5 aromatic rings. The molecule has 0 aliphatic heterocycles. The lowest BCUT2D eigenvalue weighted by atomic mass is 9.86. The zero-order chi connectivity index (χ0) is 21.8. The molecule has 0 bridgehead atoms. The Balaban J connectivity index is 1.51. The van der Waals surface area contributed by atoms with Crippen molar-refractivity contribution in [2.45, 2.75) is 18.9 Å². The van der Waals surface area contributed by atoms with Crippen LogP contribution in [0.25, 0.3) is 10.8 Å². The van der Waals surface area contributed by atoms with E-state index in [1.54, 1.807) is 11.3 Å². The van der Waals surface area contributed by atoms with Crippen molar-refractivity contribution in [1.29, 1.82) is 0 Å². The highest BCUT2D eigenvalue weighted by Crippen LogP contribution is 2.39. The fourth-order valence-corrected chi connectivity index (χ4v) is 4.71. The van der Waals surface area contributed by atoms with Crippen molar-refractivity contribution in [2.75, 3.05) is 0 Å². The summed E-state index contributed by atoms with van der Waals surface area (Å²) in [5, 5.41) is 16.1. The molecular formula is C28H23NO2S. The zero-order valence-corrected chi connectivity index (χ0v) is 18.3. The molecule has 1 atom stereocenters. The Hall–Kier alpha value is -3.63. The summed E-state index contributed by atoms with van der Waals surface area (Å²) in [4.78, 5) is 4.50. The van der Waals surface area contributed by atoms with Crippen molar-refractivity contribution < 1.29 is 9.84 Å². The number of fused-ring (bicyclic) bond motifs is 1. The minimum absolute atomic E-state index is 0.0361. The highest BCUT2D eigenvalue weighted by molar-refractivity contribution is 7.09. The molecule has 158 valence electrons. The number of phenols is 1. The Morgan fingerprint density at radius 1 is 0.875 bits per heavy atom. The van der Waals surface area contributed by atoms with Gasteiger partial charge in [-0.05, 0) is 28.6 Å². The topological polar surface area (TPSA) is 42.4 Å². The molecule has 0 amide bonds. The Labute approximate surface area is 191 Å². The van der Waals surface area contributed by atoms with Crippen LogP contribution in [0.1, 0.15) is 27.6 Å². The number of ether oxygens (including phenoxy) is 1. The van der Waals surface area contributed by atoms with Crippen LogP contribution in [0.5, 0.6) is 11.5 Å². The van der Waals surface area contributed by atoms with Crippen molar-refractivity contribution in [3.05, 3.63) is 124 Å². The van der Waals surface area contributed by atoms with Gasteiger partial charge in [0.05, 0.1) is 5.01 Å². The van der Waals surface area contributed by atoms with E-state index in [2.05, 4.69) is 35.3 Å². The molecule has 3 nitrogen and oxygen atoms in total. The number of hydrogen-bond acceptors (Lipinski definition) is 4. The van der Waals surface area contributed by atoms with Gasteiger partial charge >= 0.3 is 0 Å². The smallest absolute Gasteiger partial charge is 0.127 e. The predicted octanol–water partition coefficient (Wildman–Crippen LogP) is 6.96. The second-order valence-electron chi connectivity index (χ2n) is 7.75. The highest BCUT2D eigenvalue weighted by Gasteiger charge is 2.21. The summed E-state index contributed by atoms with van der Waals surface area (Å²) < 4.78 is 6.08. The van der Waals surface area contributed by atoms with Gasteiger partial charge in [0, 0.05) is 34.9 Å². The van der Waals surface area contributed by atoms with Crippen molar-refractivity contribution in [3.63, 3.8) is 0 Å². The van der Waals surface area contributed by atoms with Crippen LogP contribution in [0.4, 0.5) is 0 Å². The summed E-state index contributed by atoms with van der Waals surface area (Å²) in [6.45, 7) is 0.517. The van der Waals surface area contributed by atoms with E-state index in [4.69, 9.17) is 4.74 Å². The zero-order valence-electron chi connectivity index (χ0n) is 17.5. The van der Waals surface area contributed by atoms with Crippen molar-refractivity contribution >= 4 is 22.1 Å². The maximum absolute atomic E-state index is 11.2. The molecule has 1 aromatic heterocycles. The molecule has 4 aromatic carbocycles. The molecule has 0 saturated heterocycles. The lowest BCUT2D eigenvalue weighted by Crippen LogP contribution is -2.06. The van der Waals surface area contributed by atoms with E-state index in [-0.39, 0.29) is 5.92 Å². The first kappa shape index (κ1) is 20.3. The third-order valence-corrected chi connectivity index (χ3v) is 6.48. The summed E-state index contributed by atoms with van der Waals surface area (Å²) in [5.74, 6) is 1.11. The molecule has 0 spiro atoms. The molecule has 32 heavy (non-hydrogen) atoms. The molecule has 5 rings (SSSR count). The summed E-state index contributed by atoms with van der Waals surface area (Å²) in [6, 6.07) is 30.4. The number of hydrogen-bond donors (Lipinski definition) is 1. The van der Waals surface area contributed by atoms with Crippen LogP contribution in [-0.2, 0) is 13.0 Å². The number of benzene rings is 4. The first-order chi connectivity index (χ1) is 15.8. The van der Waals surface area contributed by atoms with Gasteiger partial charge in [-0.1, -0.05) is 78.9 Å². The maximum atomic E-state index is 11.2. The third-order valence-electron chi connectivity index (χ3n) is 5.68. The van der Waals surface area contributed by atoms with Crippen LogP contribution in [0.2, 0.25) is 0 Å². The van der Waals surface area contributed by atoms with E-state index in [1.807, 2.05) is 72.2 Å². The number of aromatic nitrogens is 1. The second-order valence-corrected chi connectivity index (χ2v) is 8.73. The van der Waals surface area contributed by atoms with Gasteiger partial charge in [-0.25, -0.2) is 4.98 Å². The highest BCUT2D eigenvalue weighted by atomic mass is 32.1. The fraction of sp³-hybridized carbons (Fsp3) is 0.107. The first-order valence-electron chi connectivity index (χ1n) is 10.6. The minimum Gasteiger partial charge on any atom is -0.507 e. The first-order valence-corrected chi connectivity index (χ1v) is 11.5. The summed E-state index contributed by atoms with van der Waals surface area (Å²) in [7, 11) is 0. The molecule has 0 saturated carbocycles. The van der Waals surface area contributed by atoms with Crippen LogP contribution in [0.15, 0.2) is 103 Å². The number of rotatable bonds is 7. The minimum atomic E-state index is -0.0361. The van der Waals surface area contributed by atoms with Gasteiger partial charge in [-0.2, -0.15) is 0 Å². The molecule has 1 unspecified atom stereocenters. The number of nitrogens with zero attached hydrogens (tertiary/aromatic N) is 1. The van der Waals surface area contributed by atoms with Crippen molar-refractivity contribution in [2.24, 2.45) is 0 Å². The van der Waals surface area contributed by atoms with Crippen LogP contribution < -0.4 is 4.74 Å². The quantitative estimate of drug-likeness (QED) is 0.299. The fourth-order valence-electron chi connectivity index (χ4n) is 4.05. The Kier molecular flexibility index (Phi) is 5.86. The van der Waals surface area contributed by atoms with E-state index in [9.17, 15) is 5.11 Å².